The largest absolute Gasteiger partial charge is 0.493 e. The quantitative estimate of drug-likeness (QED) is 0.725. The molecule has 2 aromatic rings. The van der Waals surface area contributed by atoms with Gasteiger partial charge < -0.3 is 14.2 Å². The van der Waals surface area contributed by atoms with Gasteiger partial charge in [0.1, 0.15) is 6.61 Å². The third-order valence-corrected chi connectivity index (χ3v) is 4.64. The number of methoxy groups -OCH3 is 1. The maximum atomic E-state index is 6.05. The molecule has 0 bridgehead atoms. The Morgan fingerprint density at radius 2 is 2.12 bits per heavy atom. The zero-order valence-corrected chi connectivity index (χ0v) is 15.7. The predicted octanol–water partition coefficient (Wildman–Crippen LogP) is 3.46. The first-order chi connectivity index (χ1) is 12.7. The molecule has 0 N–H and O–H groups in total. The number of hydrogen-bond acceptors (Lipinski definition) is 5. The van der Waals surface area contributed by atoms with E-state index in [4.69, 9.17) is 14.2 Å². The summed E-state index contributed by atoms with van der Waals surface area (Å²) in [5.41, 5.74) is 2.15. The fourth-order valence-electron chi connectivity index (χ4n) is 3.22. The van der Waals surface area contributed by atoms with Crippen molar-refractivity contribution in [1.29, 1.82) is 0 Å². The summed E-state index contributed by atoms with van der Waals surface area (Å²) in [4.78, 5) is 6.73. The number of piperidine rings is 1. The van der Waals surface area contributed by atoms with E-state index in [1.165, 1.54) is 0 Å². The molecule has 1 unspecified atom stereocenters. The van der Waals surface area contributed by atoms with Gasteiger partial charge in [0.05, 0.1) is 25.5 Å². The maximum Gasteiger partial charge on any atom is 0.161 e. The lowest BCUT2D eigenvalue weighted by atomic mass is 10.1. The standard InChI is InChI=1S/C21H28N2O3/c1-17-8-9-20(21(14-17)24-2)25-13-12-23-11-5-7-19(15-23)26-16-18-6-3-4-10-22-18/h3-4,6,8-10,14,19H,5,7,11-13,15-16H2,1-2H3. The third kappa shape index (κ3) is 5.44. The Bertz CT molecular complexity index is 678. The van der Waals surface area contributed by atoms with Crippen molar-refractivity contribution in [2.75, 3.05) is 33.4 Å². The first-order valence-corrected chi connectivity index (χ1v) is 9.26. The highest BCUT2D eigenvalue weighted by Crippen LogP contribution is 2.27. The van der Waals surface area contributed by atoms with E-state index in [9.17, 15) is 0 Å². The zero-order chi connectivity index (χ0) is 18.2. The molecule has 0 saturated carbocycles. The van der Waals surface area contributed by atoms with Gasteiger partial charge in [-0.3, -0.25) is 9.88 Å². The molecule has 0 amide bonds. The molecule has 140 valence electrons. The smallest absolute Gasteiger partial charge is 0.161 e. The highest BCUT2D eigenvalue weighted by molar-refractivity contribution is 5.42. The van der Waals surface area contributed by atoms with E-state index < -0.39 is 0 Å². The summed E-state index contributed by atoms with van der Waals surface area (Å²) in [6, 6.07) is 11.9. The minimum atomic E-state index is 0.264. The van der Waals surface area contributed by atoms with Gasteiger partial charge >= 0.3 is 0 Å². The van der Waals surface area contributed by atoms with Gasteiger partial charge in [0, 0.05) is 19.3 Å². The van der Waals surface area contributed by atoms with Crippen LogP contribution in [0.4, 0.5) is 0 Å². The molecule has 1 aliphatic heterocycles. The Balaban J connectivity index is 1.42. The summed E-state index contributed by atoms with van der Waals surface area (Å²) in [5, 5.41) is 0. The van der Waals surface area contributed by atoms with Crippen LogP contribution in [-0.2, 0) is 11.3 Å². The topological polar surface area (TPSA) is 43.8 Å². The van der Waals surface area contributed by atoms with Crippen molar-refractivity contribution in [3.05, 3.63) is 53.9 Å². The van der Waals surface area contributed by atoms with Crippen molar-refractivity contribution in [2.24, 2.45) is 0 Å². The second-order valence-electron chi connectivity index (χ2n) is 6.70. The van der Waals surface area contributed by atoms with Crippen molar-refractivity contribution in [2.45, 2.75) is 32.5 Å². The minimum absolute atomic E-state index is 0.264. The van der Waals surface area contributed by atoms with E-state index in [1.807, 2.05) is 49.5 Å². The molecular formula is C21H28N2O3. The molecular weight excluding hydrogens is 328 g/mol. The van der Waals surface area contributed by atoms with Crippen LogP contribution in [0.5, 0.6) is 11.5 Å². The normalized spacial score (nSPS) is 17.8. The lowest BCUT2D eigenvalue weighted by Crippen LogP contribution is -2.41. The van der Waals surface area contributed by atoms with Crippen LogP contribution < -0.4 is 9.47 Å². The Kier molecular flexibility index (Phi) is 6.86. The summed E-state index contributed by atoms with van der Waals surface area (Å²) in [7, 11) is 1.68. The zero-order valence-electron chi connectivity index (χ0n) is 15.7. The highest BCUT2D eigenvalue weighted by atomic mass is 16.5. The van der Waals surface area contributed by atoms with E-state index in [0.29, 0.717) is 13.2 Å². The van der Waals surface area contributed by atoms with Crippen molar-refractivity contribution in [3.8, 4) is 11.5 Å². The van der Waals surface area contributed by atoms with Gasteiger partial charge in [-0.15, -0.1) is 0 Å². The molecule has 1 atom stereocenters. The SMILES string of the molecule is COc1cc(C)ccc1OCCN1CCCC(OCc2ccccn2)C1. The molecule has 0 aliphatic carbocycles. The van der Waals surface area contributed by atoms with Crippen LogP contribution in [0.15, 0.2) is 42.6 Å². The molecule has 1 aromatic heterocycles. The average molecular weight is 356 g/mol. The third-order valence-electron chi connectivity index (χ3n) is 4.64. The Morgan fingerprint density at radius 1 is 1.19 bits per heavy atom. The highest BCUT2D eigenvalue weighted by Gasteiger charge is 2.20. The van der Waals surface area contributed by atoms with Gasteiger partial charge in [0.15, 0.2) is 11.5 Å². The number of aryl methyl sites for hydroxylation is 1. The minimum Gasteiger partial charge on any atom is -0.493 e. The van der Waals surface area contributed by atoms with Crippen LogP contribution in [0.3, 0.4) is 0 Å². The van der Waals surface area contributed by atoms with Gasteiger partial charge in [-0.2, -0.15) is 0 Å². The van der Waals surface area contributed by atoms with Gasteiger partial charge in [-0.05, 0) is 56.1 Å². The molecule has 0 spiro atoms. The Hall–Kier alpha value is -2.11. The lowest BCUT2D eigenvalue weighted by Gasteiger charge is -2.32. The van der Waals surface area contributed by atoms with Gasteiger partial charge in [0.2, 0.25) is 0 Å². The Labute approximate surface area is 155 Å². The summed E-state index contributed by atoms with van der Waals surface area (Å²) >= 11 is 0. The molecule has 1 aliphatic rings. The van der Waals surface area contributed by atoms with E-state index in [1.54, 1.807) is 7.11 Å². The number of benzene rings is 1. The molecule has 2 heterocycles. The number of nitrogens with zero attached hydrogens (tertiary/aromatic N) is 2. The van der Waals surface area contributed by atoms with Crippen LogP contribution in [0.25, 0.3) is 0 Å². The fourth-order valence-corrected chi connectivity index (χ4v) is 3.22. The first kappa shape index (κ1) is 18.7. The molecule has 1 fully saturated rings. The summed E-state index contributed by atoms with van der Waals surface area (Å²) in [5.74, 6) is 1.60. The van der Waals surface area contributed by atoms with E-state index in [0.717, 1.165) is 55.2 Å². The van der Waals surface area contributed by atoms with Crippen molar-refractivity contribution < 1.29 is 14.2 Å². The van der Waals surface area contributed by atoms with Crippen LogP contribution in [-0.4, -0.2) is 49.3 Å². The second kappa shape index (κ2) is 9.55. The van der Waals surface area contributed by atoms with Gasteiger partial charge in [-0.1, -0.05) is 12.1 Å². The molecule has 1 saturated heterocycles. The maximum absolute atomic E-state index is 6.05. The molecule has 5 nitrogen and oxygen atoms in total. The van der Waals surface area contributed by atoms with Crippen LogP contribution in [0.1, 0.15) is 24.1 Å². The summed E-state index contributed by atoms with van der Waals surface area (Å²) in [6.45, 7) is 6.20. The van der Waals surface area contributed by atoms with Crippen LogP contribution in [0, 0.1) is 6.92 Å². The molecule has 0 radical (unpaired) electrons. The number of aromatic nitrogens is 1. The van der Waals surface area contributed by atoms with E-state index >= 15 is 0 Å². The van der Waals surface area contributed by atoms with Gasteiger partial charge in [0.25, 0.3) is 0 Å². The molecule has 5 heteroatoms. The van der Waals surface area contributed by atoms with Crippen LogP contribution >= 0.6 is 0 Å². The van der Waals surface area contributed by atoms with Gasteiger partial charge in [-0.25, -0.2) is 0 Å². The lowest BCUT2D eigenvalue weighted by molar-refractivity contribution is -0.0135. The number of rotatable bonds is 8. The second-order valence-corrected chi connectivity index (χ2v) is 6.70. The number of pyridine rings is 1. The van der Waals surface area contributed by atoms with E-state index in [-0.39, 0.29) is 6.10 Å². The fraction of sp³-hybridized carbons (Fsp3) is 0.476. The summed E-state index contributed by atoms with van der Waals surface area (Å²) in [6.07, 6.45) is 4.33. The van der Waals surface area contributed by atoms with Crippen molar-refractivity contribution >= 4 is 0 Å². The molecule has 26 heavy (non-hydrogen) atoms. The monoisotopic (exact) mass is 356 g/mol. The summed E-state index contributed by atoms with van der Waals surface area (Å²) < 4.78 is 17.4. The van der Waals surface area contributed by atoms with Crippen molar-refractivity contribution in [1.82, 2.24) is 9.88 Å². The first-order valence-electron chi connectivity index (χ1n) is 9.26. The van der Waals surface area contributed by atoms with E-state index in [2.05, 4.69) is 9.88 Å². The molecule has 1 aromatic carbocycles. The van der Waals surface area contributed by atoms with Crippen LogP contribution in [0.2, 0.25) is 0 Å². The molecule has 3 rings (SSSR count). The number of ether oxygens (including phenoxy) is 3. The average Bonchev–Trinajstić information content (AvgIpc) is 2.68. The Morgan fingerprint density at radius 3 is 2.92 bits per heavy atom. The van der Waals surface area contributed by atoms with Crippen molar-refractivity contribution in [3.63, 3.8) is 0 Å². The predicted molar refractivity (Wildman–Crippen MR) is 102 cm³/mol. The number of hydrogen-bond donors (Lipinski definition) is 0. The number of likely N-dealkylation sites (tertiary alicyclic amines) is 1.